The molecule has 0 amide bonds. The first-order chi connectivity index (χ1) is 15.6. The van der Waals surface area contributed by atoms with Crippen molar-refractivity contribution in [3.05, 3.63) is 48.5 Å². The van der Waals surface area contributed by atoms with Gasteiger partial charge in [0.05, 0.1) is 23.0 Å². The number of aliphatic hydroxyl groups is 1. The second kappa shape index (κ2) is 8.51. The SMILES string of the molecule is Nc1cncc(-c2nccc(Nc3cc(N4CCC[C@H](O)C4)c(C(=O)C4CC4)cn3)n2)c1. The summed E-state index contributed by atoms with van der Waals surface area (Å²) in [5.41, 5.74) is 8.52. The van der Waals surface area contributed by atoms with Gasteiger partial charge in [-0.05, 0) is 37.8 Å². The molecule has 0 spiro atoms. The maximum Gasteiger partial charge on any atom is 0.169 e. The van der Waals surface area contributed by atoms with E-state index in [4.69, 9.17) is 5.73 Å². The number of carbonyl (C=O) groups excluding carboxylic acids is 1. The number of carbonyl (C=O) groups is 1. The molecular formula is C23H25N7O2. The number of nitrogen functional groups attached to an aromatic ring is 1. The average molecular weight is 432 g/mol. The van der Waals surface area contributed by atoms with E-state index in [1.54, 1.807) is 36.9 Å². The summed E-state index contributed by atoms with van der Waals surface area (Å²) in [5, 5.41) is 13.4. The normalized spacial score (nSPS) is 18.4. The van der Waals surface area contributed by atoms with E-state index < -0.39 is 6.10 Å². The van der Waals surface area contributed by atoms with Crippen LogP contribution in [-0.4, -0.2) is 50.0 Å². The predicted octanol–water partition coefficient (Wildman–Crippen LogP) is 2.81. The minimum Gasteiger partial charge on any atom is -0.397 e. The Hall–Kier alpha value is -3.59. The second-order valence-corrected chi connectivity index (χ2v) is 8.36. The summed E-state index contributed by atoms with van der Waals surface area (Å²) in [7, 11) is 0. The molecule has 0 bridgehead atoms. The van der Waals surface area contributed by atoms with Gasteiger partial charge < -0.3 is 21.1 Å². The van der Waals surface area contributed by atoms with Gasteiger partial charge in [0, 0.05) is 55.4 Å². The Morgan fingerprint density at radius 1 is 1.12 bits per heavy atom. The van der Waals surface area contributed by atoms with Crippen LogP contribution in [0.3, 0.4) is 0 Å². The number of anilines is 4. The highest BCUT2D eigenvalue weighted by Gasteiger charge is 2.33. The molecule has 2 aliphatic rings. The number of nitrogens with one attached hydrogen (secondary N) is 1. The van der Waals surface area contributed by atoms with E-state index in [-0.39, 0.29) is 11.7 Å². The molecule has 9 nitrogen and oxygen atoms in total. The van der Waals surface area contributed by atoms with Crippen LogP contribution in [0.15, 0.2) is 43.0 Å². The number of aromatic nitrogens is 4. The van der Waals surface area contributed by atoms with E-state index in [9.17, 15) is 9.90 Å². The van der Waals surface area contributed by atoms with Gasteiger partial charge in [0.1, 0.15) is 11.6 Å². The van der Waals surface area contributed by atoms with Crippen LogP contribution in [0.1, 0.15) is 36.0 Å². The van der Waals surface area contributed by atoms with Crippen LogP contribution in [-0.2, 0) is 0 Å². The van der Waals surface area contributed by atoms with Crippen LogP contribution in [0.2, 0.25) is 0 Å². The monoisotopic (exact) mass is 431 g/mol. The number of Topliss-reactive ketones (excluding diaryl/α,β-unsaturated/α-hetero) is 1. The van der Waals surface area contributed by atoms with Crippen LogP contribution in [0.25, 0.3) is 11.4 Å². The molecule has 32 heavy (non-hydrogen) atoms. The van der Waals surface area contributed by atoms with Crippen LogP contribution in [0.4, 0.5) is 23.0 Å². The van der Waals surface area contributed by atoms with Crippen LogP contribution in [0, 0.1) is 5.92 Å². The predicted molar refractivity (Wildman–Crippen MR) is 122 cm³/mol. The molecule has 1 atom stereocenters. The smallest absolute Gasteiger partial charge is 0.169 e. The number of ketones is 1. The van der Waals surface area contributed by atoms with Crippen molar-refractivity contribution in [2.75, 3.05) is 29.0 Å². The minimum absolute atomic E-state index is 0.0976. The quantitative estimate of drug-likeness (QED) is 0.504. The third kappa shape index (κ3) is 4.38. The fraction of sp³-hybridized carbons (Fsp3) is 0.348. The highest BCUT2D eigenvalue weighted by molar-refractivity contribution is 6.04. The average Bonchev–Trinajstić information content (AvgIpc) is 3.64. The topological polar surface area (TPSA) is 130 Å². The Balaban J connectivity index is 1.44. The third-order valence-electron chi connectivity index (χ3n) is 5.76. The molecule has 9 heteroatoms. The second-order valence-electron chi connectivity index (χ2n) is 8.36. The lowest BCUT2D eigenvalue weighted by molar-refractivity contribution is 0.0967. The van der Waals surface area contributed by atoms with Crippen LogP contribution >= 0.6 is 0 Å². The lowest BCUT2D eigenvalue weighted by Crippen LogP contribution is -2.39. The maximum absolute atomic E-state index is 12.9. The zero-order chi connectivity index (χ0) is 22.1. The van der Waals surface area contributed by atoms with E-state index in [1.807, 2.05) is 6.07 Å². The van der Waals surface area contributed by atoms with Gasteiger partial charge in [0.15, 0.2) is 11.6 Å². The molecule has 1 aliphatic carbocycles. The zero-order valence-corrected chi connectivity index (χ0v) is 17.6. The molecule has 0 radical (unpaired) electrons. The highest BCUT2D eigenvalue weighted by Crippen LogP contribution is 2.37. The van der Waals surface area contributed by atoms with Gasteiger partial charge in [-0.3, -0.25) is 9.78 Å². The Kier molecular flexibility index (Phi) is 5.40. The van der Waals surface area contributed by atoms with Crippen molar-refractivity contribution in [3.8, 4) is 11.4 Å². The molecule has 2 fully saturated rings. The number of nitrogens with two attached hydrogens (primary N) is 1. The van der Waals surface area contributed by atoms with Gasteiger partial charge in [-0.1, -0.05) is 0 Å². The molecule has 1 saturated carbocycles. The highest BCUT2D eigenvalue weighted by atomic mass is 16.3. The molecule has 5 rings (SSSR count). The third-order valence-corrected chi connectivity index (χ3v) is 5.76. The summed E-state index contributed by atoms with van der Waals surface area (Å²) >= 11 is 0. The Morgan fingerprint density at radius 2 is 2.00 bits per heavy atom. The van der Waals surface area contributed by atoms with Gasteiger partial charge in [-0.2, -0.15) is 0 Å². The first kappa shape index (κ1) is 20.3. The summed E-state index contributed by atoms with van der Waals surface area (Å²) in [6.07, 6.45) is 9.66. The summed E-state index contributed by atoms with van der Waals surface area (Å²) in [6.45, 7) is 1.31. The number of β-amino-alcohol motifs (C(OH)–C–C–N with tert-alkyl or cyclic N) is 1. The van der Waals surface area contributed by atoms with E-state index in [0.717, 1.165) is 43.5 Å². The van der Waals surface area contributed by atoms with Gasteiger partial charge in [0.25, 0.3) is 0 Å². The van der Waals surface area contributed by atoms with Crippen molar-refractivity contribution < 1.29 is 9.90 Å². The largest absolute Gasteiger partial charge is 0.397 e. The van der Waals surface area contributed by atoms with Gasteiger partial charge in [0.2, 0.25) is 0 Å². The first-order valence-electron chi connectivity index (χ1n) is 10.8. The Morgan fingerprint density at radius 3 is 2.78 bits per heavy atom. The van der Waals surface area contributed by atoms with Crippen molar-refractivity contribution in [1.82, 2.24) is 19.9 Å². The lowest BCUT2D eigenvalue weighted by Gasteiger charge is -2.33. The molecule has 1 saturated heterocycles. The Labute approximate surface area is 185 Å². The number of rotatable bonds is 6. The summed E-state index contributed by atoms with van der Waals surface area (Å²) in [5.74, 6) is 1.87. The molecule has 3 aromatic heterocycles. The van der Waals surface area contributed by atoms with Crippen LogP contribution < -0.4 is 16.0 Å². The summed E-state index contributed by atoms with van der Waals surface area (Å²) < 4.78 is 0. The number of aliphatic hydroxyl groups excluding tert-OH is 1. The molecule has 0 aromatic carbocycles. The Bertz CT molecular complexity index is 1150. The molecule has 164 valence electrons. The molecule has 3 aromatic rings. The molecule has 1 aliphatic heterocycles. The molecular weight excluding hydrogens is 406 g/mol. The lowest BCUT2D eigenvalue weighted by atomic mass is 10.0. The number of nitrogens with zero attached hydrogens (tertiary/aromatic N) is 5. The van der Waals surface area contributed by atoms with Crippen molar-refractivity contribution in [1.29, 1.82) is 0 Å². The molecule has 0 unspecified atom stereocenters. The van der Waals surface area contributed by atoms with Crippen molar-refractivity contribution in [2.45, 2.75) is 31.8 Å². The van der Waals surface area contributed by atoms with Gasteiger partial charge in [-0.25, -0.2) is 15.0 Å². The zero-order valence-electron chi connectivity index (χ0n) is 17.6. The fourth-order valence-electron chi connectivity index (χ4n) is 3.98. The number of hydrogen-bond donors (Lipinski definition) is 3. The first-order valence-corrected chi connectivity index (χ1v) is 10.8. The van der Waals surface area contributed by atoms with Crippen molar-refractivity contribution >= 4 is 28.8 Å². The van der Waals surface area contributed by atoms with Gasteiger partial charge >= 0.3 is 0 Å². The summed E-state index contributed by atoms with van der Waals surface area (Å²) in [4.78, 5) is 32.4. The van der Waals surface area contributed by atoms with Crippen LogP contribution in [0.5, 0.6) is 0 Å². The molecule has 4 N–H and O–H groups in total. The van der Waals surface area contributed by atoms with Crippen molar-refractivity contribution in [2.24, 2.45) is 5.92 Å². The van der Waals surface area contributed by atoms with E-state index in [2.05, 4.69) is 30.2 Å². The van der Waals surface area contributed by atoms with E-state index in [0.29, 0.717) is 35.3 Å². The van der Waals surface area contributed by atoms with Gasteiger partial charge in [-0.15, -0.1) is 0 Å². The number of hydrogen-bond acceptors (Lipinski definition) is 9. The summed E-state index contributed by atoms with van der Waals surface area (Å²) in [6, 6.07) is 5.39. The molecule has 4 heterocycles. The number of piperidine rings is 1. The maximum atomic E-state index is 12.9. The fourth-order valence-corrected chi connectivity index (χ4v) is 3.98. The van der Waals surface area contributed by atoms with Crippen molar-refractivity contribution in [3.63, 3.8) is 0 Å². The van der Waals surface area contributed by atoms with E-state index in [1.165, 1.54) is 0 Å². The number of pyridine rings is 2. The minimum atomic E-state index is -0.395. The standard InChI is InChI=1S/C23H25N7O2/c24-16-8-15(10-25-11-16)23-26-6-5-20(29-23)28-21-9-19(30-7-1-2-17(31)13-30)18(12-27-21)22(32)14-3-4-14/h5-6,8-12,14,17,31H,1-4,7,13,24H2,(H,26,27,28,29)/t17-/m0/s1. The van der Waals surface area contributed by atoms with E-state index >= 15 is 0 Å².